The number of aryl methyl sites for hydroxylation is 1. The van der Waals surface area contributed by atoms with Gasteiger partial charge < -0.3 is 5.32 Å². The van der Waals surface area contributed by atoms with Gasteiger partial charge in [0.05, 0.1) is 5.69 Å². The van der Waals surface area contributed by atoms with Gasteiger partial charge in [-0.3, -0.25) is 9.20 Å². The third-order valence-electron chi connectivity index (χ3n) is 5.06. The van der Waals surface area contributed by atoms with Crippen molar-refractivity contribution in [1.29, 1.82) is 0 Å². The number of benzene rings is 1. The molecule has 4 nitrogen and oxygen atoms in total. The van der Waals surface area contributed by atoms with Crippen molar-refractivity contribution < 1.29 is 4.79 Å². The number of imidazole rings is 1. The van der Waals surface area contributed by atoms with E-state index in [0.29, 0.717) is 6.42 Å². The minimum absolute atomic E-state index is 0.0462. The Morgan fingerprint density at radius 1 is 1.15 bits per heavy atom. The second-order valence-electron chi connectivity index (χ2n) is 7.24. The predicted molar refractivity (Wildman–Crippen MR) is 111 cm³/mol. The summed E-state index contributed by atoms with van der Waals surface area (Å²) < 4.78 is 2.01. The molecule has 0 radical (unpaired) electrons. The van der Waals surface area contributed by atoms with Crippen molar-refractivity contribution in [1.82, 2.24) is 9.38 Å². The lowest BCUT2D eigenvalue weighted by Gasteiger charge is -2.15. The molecule has 0 bridgehead atoms. The molecule has 1 N–H and O–H groups in total. The van der Waals surface area contributed by atoms with Gasteiger partial charge in [0.1, 0.15) is 11.5 Å². The van der Waals surface area contributed by atoms with Crippen molar-refractivity contribution in [2.24, 2.45) is 5.92 Å². The van der Waals surface area contributed by atoms with Crippen LogP contribution in [0.4, 0.5) is 5.82 Å². The van der Waals surface area contributed by atoms with E-state index in [1.165, 1.54) is 5.56 Å². The largest absolute Gasteiger partial charge is 0.310 e. The molecule has 27 heavy (non-hydrogen) atoms. The summed E-state index contributed by atoms with van der Waals surface area (Å²) in [6.07, 6.45) is 6.72. The Labute approximate surface area is 161 Å². The Hall–Kier alpha value is -2.62. The van der Waals surface area contributed by atoms with Crippen LogP contribution in [0.1, 0.15) is 56.4 Å². The first-order valence-electron chi connectivity index (χ1n) is 9.94. The lowest BCUT2D eigenvalue weighted by Crippen LogP contribution is -2.23. The van der Waals surface area contributed by atoms with Crippen LogP contribution in [0.15, 0.2) is 48.7 Å². The van der Waals surface area contributed by atoms with E-state index >= 15 is 0 Å². The second kappa shape index (κ2) is 8.85. The van der Waals surface area contributed by atoms with Gasteiger partial charge in [-0.15, -0.1) is 0 Å². The van der Waals surface area contributed by atoms with Crippen LogP contribution >= 0.6 is 0 Å². The summed E-state index contributed by atoms with van der Waals surface area (Å²) in [7, 11) is 0. The molecule has 0 saturated carbocycles. The van der Waals surface area contributed by atoms with Crippen LogP contribution in [-0.2, 0) is 11.2 Å². The first kappa shape index (κ1) is 19.2. The van der Waals surface area contributed by atoms with Gasteiger partial charge in [-0.1, -0.05) is 63.1 Å². The summed E-state index contributed by atoms with van der Waals surface area (Å²) >= 11 is 0. The van der Waals surface area contributed by atoms with Crippen LogP contribution in [0.25, 0.3) is 5.65 Å². The van der Waals surface area contributed by atoms with Crippen LogP contribution in [0, 0.1) is 12.8 Å². The molecule has 2 aromatic heterocycles. The quantitative estimate of drug-likeness (QED) is 0.583. The van der Waals surface area contributed by atoms with E-state index in [2.05, 4.69) is 44.3 Å². The molecule has 3 rings (SSSR count). The maximum atomic E-state index is 12.9. The monoisotopic (exact) mass is 363 g/mol. The average Bonchev–Trinajstić information content (AvgIpc) is 3.00. The number of hydrogen-bond donors (Lipinski definition) is 1. The molecule has 0 aliphatic rings. The standard InChI is InChI=1S/C23H29N3O/c1-4-6-12-19(5-2)23(27)25-22-20(15-18-10-8-7-9-11-18)24-21-14-13-17(3)16-26(21)22/h7-11,13-14,16,19H,4-6,12,15H2,1-3H3,(H,25,27)/t19-/m1/s1. The van der Waals surface area contributed by atoms with E-state index in [1.54, 1.807) is 0 Å². The van der Waals surface area contributed by atoms with Crippen molar-refractivity contribution in [3.05, 3.63) is 65.5 Å². The Morgan fingerprint density at radius 3 is 2.63 bits per heavy atom. The maximum Gasteiger partial charge on any atom is 0.228 e. The smallest absolute Gasteiger partial charge is 0.228 e. The Bertz CT molecular complexity index is 899. The molecule has 1 aromatic carbocycles. The zero-order valence-electron chi connectivity index (χ0n) is 16.5. The lowest BCUT2D eigenvalue weighted by molar-refractivity contribution is -0.120. The number of nitrogens with one attached hydrogen (secondary N) is 1. The Balaban J connectivity index is 1.94. The normalized spacial score (nSPS) is 12.3. The minimum Gasteiger partial charge on any atom is -0.310 e. The van der Waals surface area contributed by atoms with E-state index in [1.807, 2.05) is 34.9 Å². The molecule has 0 fully saturated rings. The summed E-state index contributed by atoms with van der Waals surface area (Å²) in [6.45, 7) is 6.30. The van der Waals surface area contributed by atoms with Gasteiger partial charge in [0.25, 0.3) is 0 Å². The van der Waals surface area contributed by atoms with E-state index < -0.39 is 0 Å². The topological polar surface area (TPSA) is 46.4 Å². The molecule has 0 aliphatic heterocycles. The fourth-order valence-electron chi connectivity index (χ4n) is 3.43. The summed E-state index contributed by atoms with van der Waals surface area (Å²) in [5.41, 5.74) is 4.10. The molecule has 0 spiro atoms. The van der Waals surface area contributed by atoms with Crippen molar-refractivity contribution in [3.8, 4) is 0 Å². The molecule has 2 heterocycles. The molecule has 0 saturated heterocycles. The van der Waals surface area contributed by atoms with Crippen LogP contribution in [0.3, 0.4) is 0 Å². The minimum atomic E-state index is 0.0462. The number of aromatic nitrogens is 2. The average molecular weight is 364 g/mol. The molecule has 142 valence electrons. The number of rotatable bonds is 8. The highest BCUT2D eigenvalue weighted by molar-refractivity contribution is 5.92. The van der Waals surface area contributed by atoms with Crippen LogP contribution < -0.4 is 5.32 Å². The van der Waals surface area contributed by atoms with Crippen LogP contribution in [0.5, 0.6) is 0 Å². The highest BCUT2D eigenvalue weighted by Gasteiger charge is 2.20. The van der Waals surface area contributed by atoms with Gasteiger partial charge in [0.2, 0.25) is 5.91 Å². The van der Waals surface area contributed by atoms with E-state index in [9.17, 15) is 4.79 Å². The van der Waals surface area contributed by atoms with E-state index in [0.717, 1.165) is 48.4 Å². The number of nitrogens with zero attached hydrogens (tertiary/aromatic N) is 2. The Kier molecular flexibility index (Phi) is 6.28. The number of carbonyl (C=O) groups excluding carboxylic acids is 1. The molecule has 0 aliphatic carbocycles. The molecule has 0 unspecified atom stereocenters. The second-order valence-corrected chi connectivity index (χ2v) is 7.24. The zero-order chi connectivity index (χ0) is 19.2. The van der Waals surface area contributed by atoms with Gasteiger partial charge in [-0.05, 0) is 37.0 Å². The zero-order valence-corrected chi connectivity index (χ0v) is 16.5. The number of fused-ring (bicyclic) bond motifs is 1. The highest BCUT2D eigenvalue weighted by Crippen LogP contribution is 2.24. The summed E-state index contributed by atoms with van der Waals surface area (Å²) in [4.78, 5) is 17.7. The van der Waals surface area contributed by atoms with Crippen molar-refractivity contribution in [2.45, 2.75) is 52.9 Å². The molecule has 4 heteroatoms. The highest BCUT2D eigenvalue weighted by atomic mass is 16.2. The molecular formula is C23H29N3O. The molecule has 3 aromatic rings. The van der Waals surface area contributed by atoms with Crippen molar-refractivity contribution in [2.75, 3.05) is 5.32 Å². The number of anilines is 1. The van der Waals surface area contributed by atoms with Crippen molar-refractivity contribution >= 4 is 17.4 Å². The SMILES string of the molecule is CCCC[C@@H](CC)C(=O)Nc1c(Cc2ccccc2)nc2ccc(C)cn12. The Morgan fingerprint density at radius 2 is 1.93 bits per heavy atom. The molecule has 1 amide bonds. The fourth-order valence-corrected chi connectivity index (χ4v) is 3.43. The first-order chi connectivity index (χ1) is 13.1. The molecular weight excluding hydrogens is 334 g/mol. The van der Waals surface area contributed by atoms with Gasteiger partial charge >= 0.3 is 0 Å². The van der Waals surface area contributed by atoms with Crippen LogP contribution in [0.2, 0.25) is 0 Å². The van der Waals surface area contributed by atoms with Gasteiger partial charge in [-0.25, -0.2) is 4.98 Å². The maximum absolute atomic E-state index is 12.9. The molecule has 1 atom stereocenters. The summed E-state index contributed by atoms with van der Waals surface area (Å²) in [6, 6.07) is 14.3. The fraction of sp³-hybridized carbons (Fsp3) is 0.391. The summed E-state index contributed by atoms with van der Waals surface area (Å²) in [5, 5.41) is 3.20. The predicted octanol–water partition coefficient (Wildman–Crippen LogP) is 5.39. The number of hydrogen-bond acceptors (Lipinski definition) is 2. The number of pyridine rings is 1. The third-order valence-corrected chi connectivity index (χ3v) is 5.06. The van der Waals surface area contributed by atoms with E-state index in [4.69, 9.17) is 4.98 Å². The third kappa shape index (κ3) is 4.57. The van der Waals surface area contributed by atoms with Crippen molar-refractivity contribution in [3.63, 3.8) is 0 Å². The van der Waals surface area contributed by atoms with Gasteiger partial charge in [0, 0.05) is 18.5 Å². The van der Waals surface area contributed by atoms with Gasteiger partial charge in [-0.2, -0.15) is 0 Å². The lowest BCUT2D eigenvalue weighted by atomic mass is 9.98. The number of carbonyl (C=O) groups is 1. The van der Waals surface area contributed by atoms with E-state index in [-0.39, 0.29) is 11.8 Å². The van der Waals surface area contributed by atoms with Crippen LogP contribution in [-0.4, -0.2) is 15.3 Å². The number of unbranched alkanes of at least 4 members (excludes halogenated alkanes) is 1. The first-order valence-corrected chi connectivity index (χ1v) is 9.94. The summed E-state index contributed by atoms with van der Waals surface area (Å²) in [5.74, 6) is 0.950. The van der Waals surface area contributed by atoms with Gasteiger partial charge in [0.15, 0.2) is 0 Å². The number of amides is 1.